The van der Waals surface area contributed by atoms with Gasteiger partial charge in [0.25, 0.3) is 0 Å². The highest BCUT2D eigenvalue weighted by molar-refractivity contribution is 5.80. The molecule has 120 valence electrons. The number of benzene rings is 1. The van der Waals surface area contributed by atoms with Crippen LogP contribution in [0.5, 0.6) is 0 Å². The largest absolute Gasteiger partial charge is 0.481 e. The number of carbonyl (C=O) groups excluding carboxylic acids is 1. The predicted octanol–water partition coefficient (Wildman–Crippen LogP) is 1.65. The Hall–Kier alpha value is -2.02. The molecule has 1 saturated heterocycles. The zero-order valence-corrected chi connectivity index (χ0v) is 11.9. The first kappa shape index (κ1) is 16.4. The van der Waals surface area contributed by atoms with Crippen molar-refractivity contribution in [2.45, 2.75) is 31.2 Å². The topological polar surface area (TPSA) is 75.6 Å². The van der Waals surface area contributed by atoms with E-state index in [0.717, 1.165) is 12.1 Å². The summed E-state index contributed by atoms with van der Waals surface area (Å²) in [5.41, 5.74) is -0.520. The van der Waals surface area contributed by atoms with Crippen molar-refractivity contribution in [1.29, 1.82) is 0 Å². The number of ether oxygens (including phenoxy) is 1. The molecule has 1 aliphatic heterocycles. The molecule has 1 aromatic rings. The van der Waals surface area contributed by atoms with E-state index in [2.05, 4.69) is 5.32 Å². The number of hydrogen-bond acceptors (Lipinski definition) is 3. The van der Waals surface area contributed by atoms with E-state index >= 15 is 0 Å². The standard InChI is InChI=1S/C15H17F2NO4/c16-11-2-1-10(7-12(11)17)8-13(19)18-15(9-14(20)21)3-5-22-6-4-15/h1-2,7H,3-6,8-9H2,(H,18,19)(H,20,21). The zero-order valence-electron chi connectivity index (χ0n) is 11.9. The highest BCUT2D eigenvalue weighted by Gasteiger charge is 2.36. The fraction of sp³-hybridized carbons (Fsp3) is 0.467. The summed E-state index contributed by atoms with van der Waals surface area (Å²) in [7, 11) is 0. The molecule has 7 heteroatoms. The van der Waals surface area contributed by atoms with Crippen molar-refractivity contribution in [2.24, 2.45) is 0 Å². The molecule has 1 aromatic carbocycles. The van der Waals surface area contributed by atoms with Crippen molar-refractivity contribution in [2.75, 3.05) is 13.2 Å². The Labute approximate surface area is 126 Å². The first-order valence-electron chi connectivity index (χ1n) is 6.95. The Morgan fingerprint density at radius 2 is 1.91 bits per heavy atom. The van der Waals surface area contributed by atoms with Gasteiger partial charge in [0.05, 0.1) is 18.4 Å². The Morgan fingerprint density at radius 3 is 2.50 bits per heavy atom. The van der Waals surface area contributed by atoms with Crippen molar-refractivity contribution in [3.63, 3.8) is 0 Å². The van der Waals surface area contributed by atoms with Crippen molar-refractivity contribution in [3.05, 3.63) is 35.4 Å². The quantitative estimate of drug-likeness (QED) is 0.866. The third-order valence-corrected chi connectivity index (χ3v) is 3.69. The van der Waals surface area contributed by atoms with Gasteiger partial charge in [0.2, 0.25) is 5.91 Å². The summed E-state index contributed by atoms with van der Waals surface area (Å²) in [4.78, 5) is 23.1. The van der Waals surface area contributed by atoms with E-state index in [-0.39, 0.29) is 12.8 Å². The van der Waals surface area contributed by atoms with E-state index in [1.54, 1.807) is 0 Å². The molecule has 1 heterocycles. The Morgan fingerprint density at radius 1 is 1.23 bits per heavy atom. The monoisotopic (exact) mass is 313 g/mol. The molecule has 1 aliphatic rings. The van der Waals surface area contributed by atoms with Crippen molar-refractivity contribution >= 4 is 11.9 Å². The molecular weight excluding hydrogens is 296 g/mol. The van der Waals surface area contributed by atoms with Gasteiger partial charge in [-0.25, -0.2) is 8.78 Å². The number of amides is 1. The molecule has 0 bridgehead atoms. The first-order chi connectivity index (χ1) is 10.4. The van der Waals surface area contributed by atoms with Gasteiger partial charge in [0.1, 0.15) is 0 Å². The molecule has 1 amide bonds. The van der Waals surface area contributed by atoms with Crippen LogP contribution in [0.1, 0.15) is 24.8 Å². The van der Waals surface area contributed by atoms with Gasteiger partial charge in [-0.3, -0.25) is 9.59 Å². The summed E-state index contributed by atoms with van der Waals surface area (Å²) >= 11 is 0. The molecule has 0 saturated carbocycles. The summed E-state index contributed by atoms with van der Waals surface area (Å²) in [6.45, 7) is 0.747. The van der Waals surface area contributed by atoms with Crippen LogP contribution in [-0.2, 0) is 20.7 Å². The third kappa shape index (κ3) is 4.24. The van der Waals surface area contributed by atoms with E-state index in [1.165, 1.54) is 6.07 Å². The number of nitrogens with one attached hydrogen (secondary N) is 1. The molecule has 2 rings (SSSR count). The van der Waals surface area contributed by atoms with Crippen LogP contribution in [0.15, 0.2) is 18.2 Å². The SMILES string of the molecule is O=C(O)CC1(NC(=O)Cc2ccc(F)c(F)c2)CCOCC1. The lowest BCUT2D eigenvalue weighted by Gasteiger charge is -2.36. The van der Waals surface area contributed by atoms with Crippen LogP contribution in [0.25, 0.3) is 0 Å². The van der Waals surface area contributed by atoms with E-state index in [4.69, 9.17) is 9.84 Å². The number of carboxylic acids is 1. The summed E-state index contributed by atoms with van der Waals surface area (Å²) < 4.78 is 31.2. The number of carboxylic acid groups (broad SMARTS) is 1. The first-order valence-corrected chi connectivity index (χ1v) is 6.95. The van der Waals surface area contributed by atoms with Gasteiger partial charge in [0.15, 0.2) is 11.6 Å². The molecule has 0 spiro atoms. The second-order valence-corrected chi connectivity index (χ2v) is 5.44. The van der Waals surface area contributed by atoms with Gasteiger partial charge >= 0.3 is 5.97 Å². The lowest BCUT2D eigenvalue weighted by atomic mass is 9.86. The second kappa shape index (κ2) is 6.83. The molecule has 0 aliphatic carbocycles. The van der Waals surface area contributed by atoms with Crippen LogP contribution in [0.3, 0.4) is 0 Å². The van der Waals surface area contributed by atoms with Crippen LogP contribution in [-0.4, -0.2) is 35.7 Å². The summed E-state index contributed by atoms with van der Waals surface area (Å²) in [6, 6.07) is 3.24. The summed E-state index contributed by atoms with van der Waals surface area (Å²) in [5.74, 6) is -3.42. The average Bonchev–Trinajstić information content (AvgIpc) is 2.42. The molecule has 0 atom stereocenters. The van der Waals surface area contributed by atoms with Gasteiger partial charge in [-0.1, -0.05) is 6.07 Å². The van der Waals surface area contributed by atoms with Crippen LogP contribution >= 0.6 is 0 Å². The zero-order chi connectivity index (χ0) is 16.2. The lowest BCUT2D eigenvalue weighted by Crippen LogP contribution is -2.53. The summed E-state index contributed by atoms with van der Waals surface area (Å²) in [5, 5.41) is 11.7. The minimum atomic E-state index is -1.02. The highest BCUT2D eigenvalue weighted by atomic mass is 19.2. The van der Waals surface area contributed by atoms with E-state index in [1.807, 2.05) is 0 Å². The van der Waals surface area contributed by atoms with Gasteiger partial charge in [-0.15, -0.1) is 0 Å². The Kier molecular flexibility index (Phi) is 5.07. The van der Waals surface area contributed by atoms with Gasteiger partial charge in [0, 0.05) is 13.2 Å². The fourth-order valence-corrected chi connectivity index (χ4v) is 2.57. The maximum absolute atomic E-state index is 13.1. The van der Waals surface area contributed by atoms with Crippen molar-refractivity contribution in [1.82, 2.24) is 5.32 Å². The van der Waals surface area contributed by atoms with E-state index in [9.17, 15) is 18.4 Å². The van der Waals surface area contributed by atoms with Crippen LogP contribution in [0.2, 0.25) is 0 Å². The lowest BCUT2D eigenvalue weighted by molar-refractivity contribution is -0.140. The molecule has 22 heavy (non-hydrogen) atoms. The Bertz CT molecular complexity index is 571. The molecule has 1 fully saturated rings. The smallest absolute Gasteiger partial charge is 0.305 e. The summed E-state index contributed by atoms with van der Waals surface area (Å²) in [6.07, 6.45) is 0.477. The number of rotatable bonds is 5. The second-order valence-electron chi connectivity index (χ2n) is 5.44. The molecule has 0 radical (unpaired) electrons. The van der Waals surface area contributed by atoms with Gasteiger partial charge < -0.3 is 15.2 Å². The number of hydrogen-bond donors (Lipinski definition) is 2. The number of halogens is 2. The Balaban J connectivity index is 2.04. The number of aliphatic carboxylic acids is 1. The third-order valence-electron chi connectivity index (χ3n) is 3.69. The van der Waals surface area contributed by atoms with Crippen molar-refractivity contribution < 1.29 is 28.2 Å². The predicted molar refractivity (Wildman–Crippen MR) is 73.2 cm³/mol. The minimum absolute atomic E-state index is 0.139. The molecular formula is C15H17F2NO4. The molecule has 5 nitrogen and oxygen atoms in total. The average molecular weight is 313 g/mol. The molecule has 0 aromatic heterocycles. The minimum Gasteiger partial charge on any atom is -0.481 e. The van der Waals surface area contributed by atoms with Crippen LogP contribution in [0, 0.1) is 11.6 Å². The van der Waals surface area contributed by atoms with E-state index < -0.39 is 29.0 Å². The maximum Gasteiger partial charge on any atom is 0.305 e. The van der Waals surface area contributed by atoms with Gasteiger partial charge in [-0.2, -0.15) is 0 Å². The van der Waals surface area contributed by atoms with Crippen molar-refractivity contribution in [3.8, 4) is 0 Å². The molecule has 0 unspecified atom stereocenters. The molecule has 2 N–H and O–H groups in total. The van der Waals surface area contributed by atoms with Gasteiger partial charge in [-0.05, 0) is 30.5 Å². The maximum atomic E-state index is 13.1. The van der Waals surface area contributed by atoms with Crippen LogP contribution < -0.4 is 5.32 Å². The normalized spacial score (nSPS) is 17.0. The number of carbonyl (C=O) groups is 2. The van der Waals surface area contributed by atoms with E-state index in [0.29, 0.717) is 31.6 Å². The highest BCUT2D eigenvalue weighted by Crippen LogP contribution is 2.25. The van der Waals surface area contributed by atoms with Crippen LogP contribution in [0.4, 0.5) is 8.78 Å². The fourth-order valence-electron chi connectivity index (χ4n) is 2.57.